The third-order valence-corrected chi connectivity index (χ3v) is 4.22. The molecule has 0 fully saturated rings. The zero-order chi connectivity index (χ0) is 15.7. The van der Waals surface area contributed by atoms with E-state index < -0.39 is 0 Å². The lowest BCUT2D eigenvalue weighted by molar-refractivity contribution is 0.203. The Hall–Kier alpha value is -0.930. The van der Waals surface area contributed by atoms with E-state index in [1.165, 1.54) is 12.5 Å². The summed E-state index contributed by atoms with van der Waals surface area (Å²) in [6, 6.07) is 7.84. The monoisotopic (exact) mass is 294 g/mol. The molecule has 2 atom stereocenters. The molecule has 0 spiro atoms. The second-order valence-corrected chi connectivity index (χ2v) is 5.74. The number of benzene rings is 1. The molecule has 0 bridgehead atoms. The summed E-state index contributed by atoms with van der Waals surface area (Å²) in [5.41, 5.74) is 1.06. The Labute approximate surface area is 129 Å². The van der Waals surface area contributed by atoms with Gasteiger partial charge in [0.05, 0.1) is 0 Å². The average molecular weight is 294 g/mol. The molecule has 21 heavy (non-hydrogen) atoms. The summed E-state index contributed by atoms with van der Waals surface area (Å²) in [5, 5.41) is 3.56. The van der Waals surface area contributed by atoms with E-state index in [4.69, 9.17) is 0 Å². The van der Waals surface area contributed by atoms with Crippen molar-refractivity contribution in [3.8, 4) is 0 Å². The smallest absolute Gasteiger partial charge is 0.123 e. The molecule has 1 aromatic carbocycles. The molecule has 3 heteroatoms. The molecule has 0 amide bonds. The van der Waals surface area contributed by atoms with Crippen molar-refractivity contribution < 1.29 is 4.39 Å². The maximum Gasteiger partial charge on any atom is 0.123 e. The number of nitrogens with one attached hydrogen (secondary N) is 1. The first-order chi connectivity index (χ1) is 10.1. The van der Waals surface area contributed by atoms with Crippen molar-refractivity contribution in [1.82, 2.24) is 10.2 Å². The van der Waals surface area contributed by atoms with Crippen LogP contribution in [-0.4, -0.2) is 30.6 Å². The lowest BCUT2D eigenvalue weighted by Crippen LogP contribution is -2.35. The third kappa shape index (κ3) is 6.15. The van der Waals surface area contributed by atoms with Gasteiger partial charge >= 0.3 is 0 Å². The zero-order valence-electron chi connectivity index (χ0n) is 14.0. The summed E-state index contributed by atoms with van der Waals surface area (Å²) in [4.78, 5) is 2.50. The SMILES string of the molecule is CCCNC(CCN(CC)C(C)CC)c1cccc(F)c1. The summed E-state index contributed by atoms with van der Waals surface area (Å²) in [5.74, 6) is -0.148. The Balaban J connectivity index is 2.69. The van der Waals surface area contributed by atoms with Crippen LogP contribution in [-0.2, 0) is 0 Å². The summed E-state index contributed by atoms with van der Waals surface area (Å²) >= 11 is 0. The van der Waals surface area contributed by atoms with Gasteiger partial charge in [-0.1, -0.05) is 32.9 Å². The van der Waals surface area contributed by atoms with Gasteiger partial charge in [-0.2, -0.15) is 0 Å². The first-order valence-corrected chi connectivity index (χ1v) is 8.35. The molecule has 120 valence electrons. The minimum absolute atomic E-state index is 0.148. The van der Waals surface area contributed by atoms with Crippen LogP contribution in [0.15, 0.2) is 24.3 Å². The van der Waals surface area contributed by atoms with Gasteiger partial charge in [0.1, 0.15) is 5.82 Å². The normalized spacial score (nSPS) is 14.4. The predicted molar refractivity (Wildman–Crippen MR) is 89.1 cm³/mol. The second kappa shape index (κ2) is 9.91. The average Bonchev–Trinajstić information content (AvgIpc) is 2.50. The minimum Gasteiger partial charge on any atom is -0.310 e. The van der Waals surface area contributed by atoms with E-state index in [0.29, 0.717) is 6.04 Å². The van der Waals surface area contributed by atoms with Crippen molar-refractivity contribution in [1.29, 1.82) is 0 Å². The van der Waals surface area contributed by atoms with Crippen LogP contribution in [0.25, 0.3) is 0 Å². The first-order valence-electron chi connectivity index (χ1n) is 8.35. The lowest BCUT2D eigenvalue weighted by atomic mass is 10.0. The van der Waals surface area contributed by atoms with Crippen molar-refractivity contribution in [2.75, 3.05) is 19.6 Å². The van der Waals surface area contributed by atoms with Crippen molar-refractivity contribution in [3.63, 3.8) is 0 Å². The Morgan fingerprint density at radius 3 is 2.57 bits per heavy atom. The predicted octanol–water partition coefficient (Wildman–Crippen LogP) is 4.38. The fourth-order valence-corrected chi connectivity index (χ4v) is 2.67. The molecule has 0 saturated heterocycles. The molecule has 0 saturated carbocycles. The van der Waals surface area contributed by atoms with Gasteiger partial charge < -0.3 is 10.2 Å². The van der Waals surface area contributed by atoms with E-state index in [1.807, 2.05) is 6.07 Å². The molecule has 1 rings (SSSR count). The van der Waals surface area contributed by atoms with E-state index in [0.717, 1.165) is 38.0 Å². The van der Waals surface area contributed by atoms with E-state index >= 15 is 0 Å². The summed E-state index contributed by atoms with van der Waals surface area (Å²) in [6.07, 6.45) is 3.27. The number of nitrogens with zero attached hydrogens (tertiary/aromatic N) is 1. The van der Waals surface area contributed by atoms with E-state index in [1.54, 1.807) is 12.1 Å². The van der Waals surface area contributed by atoms with E-state index in [-0.39, 0.29) is 11.9 Å². The van der Waals surface area contributed by atoms with Crippen molar-refractivity contribution >= 4 is 0 Å². The van der Waals surface area contributed by atoms with Crippen LogP contribution < -0.4 is 5.32 Å². The Bertz CT molecular complexity index is 395. The molecule has 0 aliphatic carbocycles. The topological polar surface area (TPSA) is 15.3 Å². The zero-order valence-corrected chi connectivity index (χ0v) is 14.0. The van der Waals surface area contributed by atoms with Crippen molar-refractivity contribution in [3.05, 3.63) is 35.6 Å². The highest BCUT2D eigenvalue weighted by Crippen LogP contribution is 2.19. The van der Waals surface area contributed by atoms with Gasteiger partial charge in [-0.15, -0.1) is 0 Å². The van der Waals surface area contributed by atoms with Crippen LogP contribution in [0.5, 0.6) is 0 Å². The molecule has 1 N–H and O–H groups in total. The molecule has 1 aromatic rings. The van der Waals surface area contributed by atoms with Gasteiger partial charge in [-0.3, -0.25) is 0 Å². The van der Waals surface area contributed by atoms with Gasteiger partial charge in [0, 0.05) is 18.6 Å². The molecule has 0 heterocycles. The molecule has 0 aliphatic rings. The molecular weight excluding hydrogens is 263 g/mol. The van der Waals surface area contributed by atoms with Crippen LogP contribution in [0.4, 0.5) is 4.39 Å². The lowest BCUT2D eigenvalue weighted by Gasteiger charge is -2.29. The van der Waals surface area contributed by atoms with Crippen LogP contribution in [0, 0.1) is 5.82 Å². The molecule has 0 radical (unpaired) electrons. The highest BCUT2D eigenvalue weighted by atomic mass is 19.1. The maximum atomic E-state index is 13.5. The third-order valence-electron chi connectivity index (χ3n) is 4.22. The molecule has 2 unspecified atom stereocenters. The van der Waals surface area contributed by atoms with Crippen LogP contribution in [0.1, 0.15) is 58.6 Å². The number of hydrogen-bond acceptors (Lipinski definition) is 2. The Kier molecular flexibility index (Phi) is 8.55. The van der Waals surface area contributed by atoms with Crippen LogP contribution in [0.3, 0.4) is 0 Å². The molecule has 0 aliphatic heterocycles. The van der Waals surface area contributed by atoms with Crippen molar-refractivity contribution in [2.24, 2.45) is 0 Å². The van der Waals surface area contributed by atoms with Crippen LogP contribution >= 0.6 is 0 Å². The minimum atomic E-state index is -0.148. The fraction of sp³-hybridized carbons (Fsp3) is 0.667. The van der Waals surface area contributed by atoms with Gasteiger partial charge in [0.15, 0.2) is 0 Å². The van der Waals surface area contributed by atoms with Gasteiger partial charge in [-0.25, -0.2) is 4.39 Å². The summed E-state index contributed by atoms with van der Waals surface area (Å²) < 4.78 is 13.5. The van der Waals surface area contributed by atoms with Gasteiger partial charge in [-0.05, 0) is 57.0 Å². The Morgan fingerprint density at radius 2 is 2.00 bits per heavy atom. The highest BCUT2D eigenvalue weighted by Gasteiger charge is 2.15. The highest BCUT2D eigenvalue weighted by molar-refractivity contribution is 5.20. The summed E-state index contributed by atoms with van der Waals surface area (Å²) in [6.45, 7) is 12.0. The number of rotatable bonds is 10. The maximum absolute atomic E-state index is 13.5. The standard InChI is InChI=1S/C18H31FN2/c1-5-12-20-18(16-9-8-10-17(19)14-16)11-13-21(7-3)15(4)6-2/h8-10,14-15,18,20H,5-7,11-13H2,1-4H3. The molecule has 2 nitrogen and oxygen atoms in total. The first kappa shape index (κ1) is 18.1. The largest absolute Gasteiger partial charge is 0.310 e. The second-order valence-electron chi connectivity index (χ2n) is 5.74. The van der Waals surface area contributed by atoms with Gasteiger partial charge in [0.25, 0.3) is 0 Å². The van der Waals surface area contributed by atoms with E-state index in [9.17, 15) is 4.39 Å². The van der Waals surface area contributed by atoms with Crippen LogP contribution in [0.2, 0.25) is 0 Å². The quantitative estimate of drug-likeness (QED) is 0.689. The number of halogens is 1. The summed E-state index contributed by atoms with van der Waals surface area (Å²) in [7, 11) is 0. The molecule has 0 aromatic heterocycles. The van der Waals surface area contributed by atoms with Crippen molar-refractivity contribution in [2.45, 2.75) is 59.0 Å². The molecular formula is C18H31FN2. The van der Waals surface area contributed by atoms with E-state index in [2.05, 4.69) is 37.9 Å². The number of hydrogen-bond donors (Lipinski definition) is 1. The Morgan fingerprint density at radius 1 is 1.24 bits per heavy atom. The fourth-order valence-electron chi connectivity index (χ4n) is 2.67. The van der Waals surface area contributed by atoms with Gasteiger partial charge in [0.2, 0.25) is 0 Å².